The Kier molecular flexibility index (Phi) is 5.94. The van der Waals surface area contributed by atoms with Crippen LogP contribution in [0.3, 0.4) is 0 Å². The highest BCUT2D eigenvalue weighted by molar-refractivity contribution is 7.89. The number of aromatic nitrogens is 3. The number of esters is 1. The number of hydrogen-bond acceptors (Lipinski definition) is 8. The third-order valence-electron chi connectivity index (χ3n) is 5.10. The van der Waals surface area contributed by atoms with E-state index >= 15 is 0 Å². The van der Waals surface area contributed by atoms with Crippen LogP contribution >= 0.6 is 0 Å². The Labute approximate surface area is 178 Å². The Balaban J connectivity index is 1.35. The summed E-state index contributed by atoms with van der Waals surface area (Å²) in [5.74, 6) is -0.840. The van der Waals surface area contributed by atoms with E-state index in [-0.39, 0.29) is 36.2 Å². The predicted octanol–water partition coefficient (Wildman–Crippen LogP) is 0.272. The van der Waals surface area contributed by atoms with Crippen LogP contribution in [0.1, 0.15) is 17.5 Å². The van der Waals surface area contributed by atoms with Crippen molar-refractivity contribution in [2.75, 3.05) is 39.3 Å². The van der Waals surface area contributed by atoms with Gasteiger partial charge in [0.25, 0.3) is 10.0 Å². The number of pyridine rings is 1. The summed E-state index contributed by atoms with van der Waals surface area (Å²) >= 11 is 0. The van der Waals surface area contributed by atoms with Crippen molar-refractivity contribution >= 4 is 21.6 Å². The summed E-state index contributed by atoms with van der Waals surface area (Å²) in [6.07, 6.45) is 1.67. The van der Waals surface area contributed by atoms with Crippen molar-refractivity contribution < 1.29 is 22.4 Å². The van der Waals surface area contributed by atoms with E-state index in [0.29, 0.717) is 31.8 Å². The molecule has 0 atom stereocenters. The zero-order chi connectivity index (χ0) is 22.0. The molecule has 0 N–H and O–H groups in total. The van der Waals surface area contributed by atoms with Crippen molar-refractivity contribution in [3.63, 3.8) is 0 Å². The maximum atomic E-state index is 12.8. The van der Waals surface area contributed by atoms with Crippen molar-refractivity contribution in [2.24, 2.45) is 0 Å². The first-order valence-corrected chi connectivity index (χ1v) is 11.4. The van der Waals surface area contributed by atoms with Crippen molar-refractivity contribution in [1.29, 1.82) is 0 Å². The molecule has 11 nitrogen and oxygen atoms in total. The van der Waals surface area contributed by atoms with Gasteiger partial charge in [0.1, 0.15) is 0 Å². The van der Waals surface area contributed by atoms with Gasteiger partial charge in [-0.05, 0) is 31.2 Å². The van der Waals surface area contributed by atoms with Crippen LogP contribution in [0.4, 0.5) is 0 Å². The topological polar surface area (TPSA) is 119 Å². The van der Waals surface area contributed by atoms with Crippen molar-refractivity contribution in [2.45, 2.75) is 18.6 Å². The Bertz CT molecular complexity index is 1240. The molecule has 166 valence electrons. The van der Waals surface area contributed by atoms with Crippen molar-refractivity contribution in [3.05, 3.63) is 52.8 Å². The van der Waals surface area contributed by atoms with E-state index in [1.807, 2.05) is 6.07 Å². The van der Waals surface area contributed by atoms with E-state index in [0.717, 1.165) is 0 Å². The third kappa shape index (κ3) is 4.27. The molecule has 4 heterocycles. The Morgan fingerprint density at radius 1 is 1.13 bits per heavy atom. The number of hydrogen-bond donors (Lipinski definition) is 0. The fourth-order valence-corrected chi connectivity index (χ4v) is 4.77. The molecule has 0 aliphatic carbocycles. The van der Waals surface area contributed by atoms with E-state index in [2.05, 4.69) is 10.00 Å². The first-order chi connectivity index (χ1) is 14.9. The summed E-state index contributed by atoms with van der Waals surface area (Å²) in [5, 5.41) is 4.03. The molecule has 12 heteroatoms. The van der Waals surface area contributed by atoms with E-state index in [1.54, 1.807) is 25.3 Å². The van der Waals surface area contributed by atoms with Gasteiger partial charge in [0.05, 0.1) is 13.2 Å². The molecule has 0 amide bonds. The van der Waals surface area contributed by atoms with E-state index in [1.165, 1.54) is 25.5 Å². The van der Waals surface area contributed by atoms with Crippen LogP contribution < -0.4 is 5.69 Å². The largest absolute Gasteiger partial charge is 0.460 e. The van der Waals surface area contributed by atoms with Gasteiger partial charge in [0, 0.05) is 38.9 Å². The molecular weight excluding hydrogens is 426 g/mol. The molecule has 1 aliphatic rings. The molecule has 31 heavy (non-hydrogen) atoms. The Morgan fingerprint density at radius 3 is 2.61 bits per heavy atom. The number of carbonyl (C=O) groups excluding carboxylic acids is 1. The number of ether oxygens (including phenoxy) is 1. The zero-order valence-electron chi connectivity index (χ0n) is 17.0. The highest BCUT2D eigenvalue weighted by Gasteiger charge is 2.31. The standard InChI is InChI=1S/C19H23N5O6S/c1-2-29-18(25)15-6-7-17(30-15)31(27,28)22-12-9-21(10-13-22)11-14-24-19(26)23-8-4-3-5-16(23)20-24/h3-8H,2,9-14H2,1H3. The second kappa shape index (κ2) is 8.65. The quantitative estimate of drug-likeness (QED) is 0.472. The molecule has 1 saturated heterocycles. The monoisotopic (exact) mass is 449 g/mol. The van der Waals surface area contributed by atoms with Crippen LogP contribution in [0.2, 0.25) is 0 Å². The number of nitrogens with zero attached hydrogens (tertiary/aromatic N) is 5. The maximum Gasteiger partial charge on any atom is 0.374 e. The number of sulfonamides is 1. The van der Waals surface area contributed by atoms with Gasteiger partial charge >= 0.3 is 11.7 Å². The first kappa shape index (κ1) is 21.3. The van der Waals surface area contributed by atoms with Crippen LogP contribution in [0, 0.1) is 0 Å². The Hall–Kier alpha value is -2.96. The number of rotatable bonds is 7. The molecule has 4 rings (SSSR count). The smallest absolute Gasteiger partial charge is 0.374 e. The second-order valence-electron chi connectivity index (χ2n) is 7.02. The fraction of sp³-hybridized carbons (Fsp3) is 0.421. The lowest BCUT2D eigenvalue weighted by atomic mass is 10.3. The highest BCUT2D eigenvalue weighted by atomic mass is 32.2. The van der Waals surface area contributed by atoms with Gasteiger partial charge in [0.15, 0.2) is 5.65 Å². The summed E-state index contributed by atoms with van der Waals surface area (Å²) in [6, 6.07) is 7.93. The van der Waals surface area contributed by atoms with E-state index in [9.17, 15) is 18.0 Å². The highest BCUT2D eigenvalue weighted by Crippen LogP contribution is 2.21. The minimum absolute atomic E-state index is 0.142. The fourth-order valence-electron chi connectivity index (χ4n) is 3.44. The van der Waals surface area contributed by atoms with Crippen LogP contribution in [-0.2, 0) is 21.3 Å². The van der Waals surface area contributed by atoms with Crippen LogP contribution in [0.15, 0.2) is 50.8 Å². The number of carbonyl (C=O) groups is 1. The summed E-state index contributed by atoms with van der Waals surface area (Å²) in [4.78, 5) is 26.1. The third-order valence-corrected chi connectivity index (χ3v) is 6.87. The number of piperazine rings is 1. The van der Waals surface area contributed by atoms with Gasteiger partial charge in [-0.15, -0.1) is 5.10 Å². The molecular formula is C19H23N5O6S. The molecule has 0 bridgehead atoms. The molecule has 0 spiro atoms. The van der Waals surface area contributed by atoms with Gasteiger partial charge < -0.3 is 9.15 Å². The second-order valence-corrected chi connectivity index (χ2v) is 8.89. The van der Waals surface area contributed by atoms with Crippen LogP contribution in [0.25, 0.3) is 5.65 Å². The first-order valence-electron chi connectivity index (χ1n) is 9.94. The molecule has 3 aromatic rings. The van der Waals surface area contributed by atoms with Gasteiger partial charge in [-0.1, -0.05) is 6.07 Å². The van der Waals surface area contributed by atoms with E-state index in [4.69, 9.17) is 9.15 Å². The number of furan rings is 1. The Morgan fingerprint density at radius 2 is 1.90 bits per heavy atom. The molecule has 1 fully saturated rings. The normalized spacial score (nSPS) is 16.0. The van der Waals surface area contributed by atoms with Crippen molar-refractivity contribution in [1.82, 2.24) is 23.4 Å². The minimum atomic E-state index is -3.84. The van der Waals surface area contributed by atoms with E-state index < -0.39 is 16.0 Å². The molecule has 3 aromatic heterocycles. The van der Waals surface area contributed by atoms with Crippen LogP contribution in [-0.4, -0.2) is 77.1 Å². The van der Waals surface area contributed by atoms with Gasteiger partial charge in [-0.25, -0.2) is 22.7 Å². The average Bonchev–Trinajstić information content (AvgIpc) is 3.39. The maximum absolute atomic E-state index is 12.8. The van der Waals surface area contributed by atoms with Gasteiger partial charge in [-0.3, -0.25) is 9.30 Å². The van der Waals surface area contributed by atoms with Crippen molar-refractivity contribution in [3.8, 4) is 0 Å². The predicted molar refractivity (Wildman–Crippen MR) is 109 cm³/mol. The number of fused-ring (bicyclic) bond motifs is 1. The molecule has 0 radical (unpaired) electrons. The lowest BCUT2D eigenvalue weighted by Crippen LogP contribution is -2.49. The molecule has 0 saturated carbocycles. The molecule has 0 unspecified atom stereocenters. The molecule has 0 aromatic carbocycles. The lowest BCUT2D eigenvalue weighted by molar-refractivity contribution is 0.0483. The molecule has 1 aliphatic heterocycles. The SMILES string of the molecule is CCOC(=O)c1ccc(S(=O)(=O)N2CCN(CCn3nc4ccccn4c3=O)CC2)o1. The van der Waals surface area contributed by atoms with Gasteiger partial charge in [-0.2, -0.15) is 4.31 Å². The summed E-state index contributed by atoms with van der Waals surface area (Å²) in [6.45, 7) is 4.38. The summed E-state index contributed by atoms with van der Waals surface area (Å²) < 4.78 is 39.9. The lowest BCUT2D eigenvalue weighted by Gasteiger charge is -2.33. The summed E-state index contributed by atoms with van der Waals surface area (Å²) in [5.41, 5.74) is 0.385. The minimum Gasteiger partial charge on any atom is -0.460 e. The van der Waals surface area contributed by atoms with Crippen LogP contribution in [0.5, 0.6) is 0 Å². The van der Waals surface area contributed by atoms with Gasteiger partial charge in [0.2, 0.25) is 10.9 Å². The average molecular weight is 449 g/mol. The zero-order valence-corrected chi connectivity index (χ0v) is 17.8. The summed E-state index contributed by atoms with van der Waals surface area (Å²) in [7, 11) is -3.84.